The maximum atomic E-state index is 11.9. The van der Waals surface area contributed by atoms with Crippen molar-refractivity contribution in [3.05, 3.63) is 58.9 Å². The van der Waals surface area contributed by atoms with Gasteiger partial charge in [-0.3, -0.25) is 4.79 Å². The van der Waals surface area contributed by atoms with E-state index in [0.29, 0.717) is 13.0 Å². The molecule has 1 aromatic carbocycles. The Morgan fingerprint density at radius 3 is 2.45 bits per heavy atom. The third-order valence-electron chi connectivity index (χ3n) is 3.52. The highest BCUT2D eigenvalue weighted by molar-refractivity contribution is 5.78. The number of amides is 1. The van der Waals surface area contributed by atoms with E-state index >= 15 is 0 Å². The minimum atomic E-state index is 0.0815. The fourth-order valence-corrected chi connectivity index (χ4v) is 2.43. The van der Waals surface area contributed by atoms with Crippen LogP contribution in [0.15, 0.2) is 36.4 Å². The fraction of sp³-hybridized carbons (Fsp3) is 0.353. The molecule has 0 radical (unpaired) electrons. The van der Waals surface area contributed by atoms with Crippen LogP contribution in [0.25, 0.3) is 0 Å². The summed E-state index contributed by atoms with van der Waals surface area (Å²) in [6.07, 6.45) is 0.450. The smallest absolute Gasteiger partial charge is 0.224 e. The number of aryl methyl sites for hydroxylation is 3. The van der Waals surface area contributed by atoms with Crippen LogP contribution in [0.5, 0.6) is 0 Å². The lowest BCUT2D eigenvalue weighted by atomic mass is 10.1. The van der Waals surface area contributed by atoms with Gasteiger partial charge in [-0.25, -0.2) is 0 Å². The average molecular weight is 270 g/mol. The van der Waals surface area contributed by atoms with Gasteiger partial charge in [0.25, 0.3) is 0 Å². The summed E-state index contributed by atoms with van der Waals surface area (Å²) in [4.78, 5) is 11.9. The molecule has 20 heavy (non-hydrogen) atoms. The molecule has 0 fully saturated rings. The molecule has 0 bridgehead atoms. The van der Waals surface area contributed by atoms with Crippen molar-refractivity contribution in [2.24, 2.45) is 0 Å². The van der Waals surface area contributed by atoms with Gasteiger partial charge >= 0.3 is 0 Å². The lowest BCUT2D eigenvalue weighted by Crippen LogP contribution is -2.29. The molecule has 0 saturated carbocycles. The minimum absolute atomic E-state index is 0.0815. The largest absolute Gasteiger partial charge is 0.354 e. The highest BCUT2D eigenvalue weighted by Crippen LogP contribution is 2.06. The SMILES string of the molecule is Cc1cccc(CC(=O)NCCn2c(C)ccc2C)c1. The van der Waals surface area contributed by atoms with Crippen molar-refractivity contribution in [1.82, 2.24) is 9.88 Å². The number of aromatic nitrogens is 1. The Balaban J connectivity index is 1.81. The second kappa shape index (κ2) is 6.42. The van der Waals surface area contributed by atoms with Gasteiger partial charge in [0.05, 0.1) is 6.42 Å². The van der Waals surface area contributed by atoms with Crippen LogP contribution < -0.4 is 5.32 Å². The van der Waals surface area contributed by atoms with Crippen LogP contribution in [-0.4, -0.2) is 17.0 Å². The maximum Gasteiger partial charge on any atom is 0.224 e. The molecule has 0 aliphatic heterocycles. The van der Waals surface area contributed by atoms with Gasteiger partial charge < -0.3 is 9.88 Å². The number of hydrogen-bond donors (Lipinski definition) is 1. The summed E-state index contributed by atoms with van der Waals surface area (Å²) in [5, 5.41) is 2.98. The van der Waals surface area contributed by atoms with Gasteiger partial charge in [0.15, 0.2) is 0 Å². The molecule has 1 amide bonds. The monoisotopic (exact) mass is 270 g/mol. The molecular weight excluding hydrogens is 248 g/mol. The molecule has 0 spiro atoms. The van der Waals surface area contributed by atoms with Crippen LogP contribution in [0.2, 0.25) is 0 Å². The molecule has 1 aromatic heterocycles. The maximum absolute atomic E-state index is 11.9. The lowest BCUT2D eigenvalue weighted by molar-refractivity contribution is -0.120. The zero-order chi connectivity index (χ0) is 14.5. The molecule has 1 N–H and O–H groups in total. The number of nitrogens with one attached hydrogen (secondary N) is 1. The Bertz CT molecular complexity index is 579. The van der Waals surface area contributed by atoms with E-state index in [1.807, 2.05) is 25.1 Å². The highest BCUT2D eigenvalue weighted by atomic mass is 16.1. The van der Waals surface area contributed by atoms with Gasteiger partial charge in [-0.15, -0.1) is 0 Å². The molecule has 0 unspecified atom stereocenters. The van der Waals surface area contributed by atoms with Crippen molar-refractivity contribution in [3.63, 3.8) is 0 Å². The van der Waals surface area contributed by atoms with Gasteiger partial charge in [0.2, 0.25) is 5.91 Å². The predicted molar refractivity (Wildman–Crippen MR) is 81.8 cm³/mol. The average Bonchev–Trinajstić information content (AvgIpc) is 2.70. The summed E-state index contributed by atoms with van der Waals surface area (Å²) in [6, 6.07) is 12.3. The molecule has 1 heterocycles. The van der Waals surface area contributed by atoms with E-state index in [-0.39, 0.29) is 5.91 Å². The summed E-state index contributed by atoms with van der Waals surface area (Å²) >= 11 is 0. The summed E-state index contributed by atoms with van der Waals surface area (Å²) in [7, 11) is 0. The molecule has 3 heteroatoms. The van der Waals surface area contributed by atoms with Crippen molar-refractivity contribution >= 4 is 5.91 Å². The molecule has 0 atom stereocenters. The normalized spacial score (nSPS) is 10.6. The van der Waals surface area contributed by atoms with Crippen LogP contribution in [-0.2, 0) is 17.8 Å². The van der Waals surface area contributed by atoms with Gasteiger partial charge in [0, 0.05) is 24.5 Å². The molecule has 2 rings (SSSR count). The molecule has 2 aromatic rings. The van der Waals surface area contributed by atoms with Crippen LogP contribution >= 0.6 is 0 Å². The third-order valence-corrected chi connectivity index (χ3v) is 3.52. The van der Waals surface area contributed by atoms with Crippen LogP contribution in [0, 0.1) is 20.8 Å². The van der Waals surface area contributed by atoms with Crippen LogP contribution in [0.1, 0.15) is 22.5 Å². The Morgan fingerprint density at radius 2 is 1.80 bits per heavy atom. The number of hydrogen-bond acceptors (Lipinski definition) is 1. The highest BCUT2D eigenvalue weighted by Gasteiger charge is 2.04. The fourth-order valence-electron chi connectivity index (χ4n) is 2.43. The van der Waals surface area contributed by atoms with Gasteiger partial charge in [-0.05, 0) is 38.5 Å². The van der Waals surface area contributed by atoms with Gasteiger partial charge in [-0.2, -0.15) is 0 Å². The molecule has 0 aliphatic rings. The zero-order valence-corrected chi connectivity index (χ0v) is 12.4. The van der Waals surface area contributed by atoms with E-state index < -0.39 is 0 Å². The summed E-state index contributed by atoms with van der Waals surface area (Å²) in [6.45, 7) is 7.70. The van der Waals surface area contributed by atoms with Crippen molar-refractivity contribution in [2.45, 2.75) is 33.7 Å². The van der Waals surface area contributed by atoms with E-state index in [9.17, 15) is 4.79 Å². The number of carbonyl (C=O) groups excluding carboxylic acids is 1. The molecular formula is C17H22N2O. The zero-order valence-electron chi connectivity index (χ0n) is 12.4. The predicted octanol–water partition coefficient (Wildman–Crippen LogP) is 2.77. The Morgan fingerprint density at radius 1 is 1.10 bits per heavy atom. The first-order valence-electron chi connectivity index (χ1n) is 7.01. The quantitative estimate of drug-likeness (QED) is 0.890. The van der Waals surface area contributed by atoms with Crippen molar-refractivity contribution < 1.29 is 4.79 Å². The molecule has 0 aliphatic carbocycles. The minimum Gasteiger partial charge on any atom is -0.354 e. The summed E-state index contributed by atoms with van der Waals surface area (Å²) in [5.74, 6) is 0.0815. The van der Waals surface area contributed by atoms with E-state index in [1.54, 1.807) is 0 Å². The van der Waals surface area contributed by atoms with E-state index in [0.717, 1.165) is 12.1 Å². The Hall–Kier alpha value is -2.03. The second-order valence-electron chi connectivity index (χ2n) is 5.28. The summed E-state index contributed by atoms with van der Waals surface area (Å²) in [5.41, 5.74) is 4.72. The first-order chi connectivity index (χ1) is 9.56. The Kier molecular flexibility index (Phi) is 4.61. The van der Waals surface area contributed by atoms with Crippen LogP contribution in [0.3, 0.4) is 0 Å². The standard InChI is InChI=1S/C17H22N2O/c1-13-5-4-6-16(11-13)12-17(20)18-9-10-19-14(2)7-8-15(19)3/h4-8,11H,9-10,12H2,1-3H3,(H,18,20). The number of carbonyl (C=O) groups is 1. The van der Waals surface area contributed by atoms with E-state index in [2.05, 4.69) is 41.9 Å². The van der Waals surface area contributed by atoms with E-state index in [4.69, 9.17) is 0 Å². The molecule has 3 nitrogen and oxygen atoms in total. The van der Waals surface area contributed by atoms with Gasteiger partial charge in [-0.1, -0.05) is 29.8 Å². The number of rotatable bonds is 5. The first kappa shape index (κ1) is 14.4. The van der Waals surface area contributed by atoms with Crippen molar-refractivity contribution in [1.29, 1.82) is 0 Å². The number of nitrogens with zero attached hydrogens (tertiary/aromatic N) is 1. The lowest BCUT2D eigenvalue weighted by Gasteiger charge is -2.10. The third kappa shape index (κ3) is 3.73. The Labute approximate surface area is 120 Å². The number of benzene rings is 1. The van der Waals surface area contributed by atoms with E-state index in [1.165, 1.54) is 17.0 Å². The topological polar surface area (TPSA) is 34.0 Å². The molecule has 106 valence electrons. The van der Waals surface area contributed by atoms with Crippen LogP contribution in [0.4, 0.5) is 0 Å². The second-order valence-corrected chi connectivity index (χ2v) is 5.28. The van der Waals surface area contributed by atoms with Crippen molar-refractivity contribution in [3.8, 4) is 0 Å². The molecule has 0 saturated heterocycles. The van der Waals surface area contributed by atoms with Crippen molar-refractivity contribution in [2.75, 3.05) is 6.54 Å². The van der Waals surface area contributed by atoms with Gasteiger partial charge in [0.1, 0.15) is 0 Å². The first-order valence-corrected chi connectivity index (χ1v) is 7.01. The summed E-state index contributed by atoms with van der Waals surface area (Å²) < 4.78 is 2.22.